The van der Waals surface area contributed by atoms with Crippen molar-refractivity contribution >= 4 is 41.4 Å². The van der Waals surface area contributed by atoms with Gasteiger partial charge in [-0.3, -0.25) is 4.98 Å². The molecule has 1 N–H and O–H groups in total. The number of ether oxygens (including phenoxy) is 1. The molecule has 154 valence electrons. The van der Waals surface area contributed by atoms with Crippen molar-refractivity contribution in [1.82, 2.24) is 9.88 Å². The van der Waals surface area contributed by atoms with E-state index in [0.717, 1.165) is 42.0 Å². The van der Waals surface area contributed by atoms with Gasteiger partial charge in [-0.05, 0) is 57.1 Å². The first-order valence-electron chi connectivity index (χ1n) is 9.59. The fourth-order valence-electron chi connectivity index (χ4n) is 3.19. The van der Waals surface area contributed by atoms with Crippen LogP contribution >= 0.6 is 24.8 Å². The minimum atomic E-state index is 0. The third-order valence-corrected chi connectivity index (χ3v) is 4.88. The molecule has 1 heterocycles. The van der Waals surface area contributed by atoms with Gasteiger partial charge in [0.15, 0.2) is 0 Å². The Balaban J connectivity index is 0.00000338. The molecule has 0 unspecified atom stereocenters. The highest BCUT2D eigenvalue weighted by Gasteiger charge is 2.07. The maximum Gasteiger partial charge on any atom is 0.121 e. The van der Waals surface area contributed by atoms with E-state index in [2.05, 4.69) is 48.1 Å². The SMILES string of the molecule is CCN(CC)CCCCCCNc1cc(O[14CH3])cc2c(C)ccnc12.Cl.Cl. The number of pyridine rings is 1. The second-order valence-corrected chi connectivity index (χ2v) is 6.57. The maximum absolute atomic E-state index is 5.45. The Bertz CT molecular complexity index is 663. The number of unbranched alkanes of at least 4 members (excludes halogenated alkanes) is 3. The number of anilines is 1. The van der Waals surface area contributed by atoms with E-state index in [1.807, 2.05) is 12.3 Å². The van der Waals surface area contributed by atoms with Gasteiger partial charge < -0.3 is 15.0 Å². The van der Waals surface area contributed by atoms with Gasteiger partial charge in [0.1, 0.15) is 5.75 Å². The van der Waals surface area contributed by atoms with E-state index in [4.69, 9.17) is 4.74 Å². The van der Waals surface area contributed by atoms with E-state index in [0.29, 0.717) is 0 Å². The van der Waals surface area contributed by atoms with Gasteiger partial charge in [0.05, 0.1) is 18.3 Å². The summed E-state index contributed by atoms with van der Waals surface area (Å²) in [6.07, 6.45) is 6.92. The largest absolute Gasteiger partial charge is 0.497 e. The van der Waals surface area contributed by atoms with E-state index in [1.165, 1.54) is 37.8 Å². The zero-order valence-electron chi connectivity index (χ0n) is 17.1. The number of methoxy groups -OCH3 is 1. The number of benzene rings is 1. The molecule has 0 saturated heterocycles. The molecular formula is C21H35Cl2N3O. The number of aromatic nitrogens is 1. The minimum absolute atomic E-state index is 0. The molecule has 0 aliphatic heterocycles. The van der Waals surface area contributed by atoms with Crippen LogP contribution in [0.3, 0.4) is 0 Å². The summed E-state index contributed by atoms with van der Waals surface area (Å²) in [6.45, 7) is 11.1. The Labute approximate surface area is 176 Å². The average Bonchev–Trinajstić information content (AvgIpc) is 2.64. The lowest BCUT2D eigenvalue weighted by Gasteiger charge is -2.17. The molecule has 6 heteroatoms. The van der Waals surface area contributed by atoms with Crippen molar-refractivity contribution in [1.29, 1.82) is 0 Å². The topological polar surface area (TPSA) is 37.4 Å². The molecule has 0 amide bonds. The van der Waals surface area contributed by atoms with Crippen LogP contribution < -0.4 is 10.1 Å². The number of fused-ring (bicyclic) bond motifs is 1. The van der Waals surface area contributed by atoms with Crippen molar-refractivity contribution in [3.05, 3.63) is 30.0 Å². The monoisotopic (exact) mass is 417 g/mol. The Morgan fingerprint density at radius 1 is 1.07 bits per heavy atom. The number of rotatable bonds is 11. The fourth-order valence-corrected chi connectivity index (χ4v) is 3.19. The van der Waals surface area contributed by atoms with E-state index < -0.39 is 0 Å². The maximum atomic E-state index is 5.45. The third-order valence-electron chi connectivity index (χ3n) is 4.88. The molecular weight excluding hydrogens is 383 g/mol. The quantitative estimate of drug-likeness (QED) is 0.475. The molecule has 0 radical (unpaired) electrons. The Morgan fingerprint density at radius 2 is 1.78 bits per heavy atom. The summed E-state index contributed by atoms with van der Waals surface area (Å²) >= 11 is 0. The predicted molar refractivity (Wildman–Crippen MR) is 122 cm³/mol. The average molecular weight is 418 g/mol. The van der Waals surface area contributed by atoms with Crippen LogP contribution in [0.4, 0.5) is 5.69 Å². The molecule has 0 atom stereocenters. The molecule has 27 heavy (non-hydrogen) atoms. The van der Waals surface area contributed by atoms with Gasteiger partial charge in [-0.2, -0.15) is 0 Å². The van der Waals surface area contributed by atoms with Gasteiger partial charge in [-0.25, -0.2) is 0 Å². The van der Waals surface area contributed by atoms with Crippen molar-refractivity contribution in [3.8, 4) is 5.75 Å². The highest BCUT2D eigenvalue weighted by atomic mass is 35.5. The van der Waals surface area contributed by atoms with Crippen molar-refractivity contribution in [2.45, 2.75) is 46.5 Å². The van der Waals surface area contributed by atoms with Crippen LogP contribution in [0.25, 0.3) is 10.9 Å². The number of hydrogen-bond donors (Lipinski definition) is 1. The van der Waals surface area contributed by atoms with Crippen molar-refractivity contribution in [2.24, 2.45) is 0 Å². The van der Waals surface area contributed by atoms with E-state index in [1.54, 1.807) is 7.11 Å². The van der Waals surface area contributed by atoms with Gasteiger partial charge in [-0.15, -0.1) is 24.8 Å². The van der Waals surface area contributed by atoms with E-state index in [-0.39, 0.29) is 24.8 Å². The van der Waals surface area contributed by atoms with Crippen LogP contribution in [0.15, 0.2) is 24.4 Å². The highest BCUT2D eigenvalue weighted by molar-refractivity contribution is 5.93. The zero-order valence-corrected chi connectivity index (χ0v) is 18.7. The van der Waals surface area contributed by atoms with Crippen molar-refractivity contribution in [2.75, 3.05) is 38.6 Å². The lowest BCUT2D eigenvalue weighted by Crippen LogP contribution is -2.23. The van der Waals surface area contributed by atoms with Crippen molar-refractivity contribution in [3.63, 3.8) is 0 Å². The molecule has 0 saturated carbocycles. The first-order chi connectivity index (χ1) is 12.2. The van der Waals surface area contributed by atoms with Crippen LogP contribution in [-0.2, 0) is 0 Å². The second kappa shape index (κ2) is 13.9. The summed E-state index contributed by atoms with van der Waals surface area (Å²) in [5.41, 5.74) is 3.33. The molecule has 0 spiro atoms. The Hall–Kier alpha value is -1.23. The number of nitrogens with one attached hydrogen (secondary N) is 1. The van der Waals surface area contributed by atoms with Gasteiger partial charge in [0, 0.05) is 24.2 Å². The fraction of sp³-hybridized carbons (Fsp3) is 0.571. The standard InChI is InChI=1S/C21H33N3O.2ClH/c1-5-24(6-2)14-10-8-7-9-12-22-20-16-18(25-4)15-19-17(3)11-13-23-21(19)20;;/h11,13,15-16,22H,5-10,12,14H2,1-4H3;2*1H/i4+2;;. The van der Waals surface area contributed by atoms with Gasteiger partial charge in [-0.1, -0.05) is 26.7 Å². The van der Waals surface area contributed by atoms with Crippen molar-refractivity contribution < 1.29 is 4.74 Å². The molecule has 2 aromatic rings. The number of aryl methyl sites for hydroxylation is 1. The predicted octanol–water partition coefficient (Wildman–Crippen LogP) is 5.71. The summed E-state index contributed by atoms with van der Waals surface area (Å²) in [5, 5.41) is 4.71. The van der Waals surface area contributed by atoms with Gasteiger partial charge in [0.2, 0.25) is 0 Å². The number of nitrogens with zero attached hydrogens (tertiary/aromatic N) is 2. The van der Waals surface area contributed by atoms with Crippen LogP contribution in [0.5, 0.6) is 5.75 Å². The van der Waals surface area contributed by atoms with Crippen LogP contribution in [0, 0.1) is 6.92 Å². The number of halogens is 2. The normalized spacial score (nSPS) is 10.4. The molecule has 0 aliphatic carbocycles. The van der Waals surface area contributed by atoms with Gasteiger partial charge in [0.25, 0.3) is 0 Å². The Kier molecular flexibility index (Phi) is 13.2. The first-order valence-corrected chi connectivity index (χ1v) is 9.59. The van der Waals surface area contributed by atoms with Crippen LogP contribution in [0.2, 0.25) is 0 Å². The van der Waals surface area contributed by atoms with E-state index >= 15 is 0 Å². The van der Waals surface area contributed by atoms with Crippen LogP contribution in [-0.4, -0.2) is 43.2 Å². The third kappa shape index (κ3) is 7.73. The summed E-state index contributed by atoms with van der Waals surface area (Å²) in [5.74, 6) is 0.880. The van der Waals surface area contributed by atoms with Gasteiger partial charge >= 0.3 is 0 Å². The molecule has 0 fully saturated rings. The molecule has 2 rings (SSSR count). The zero-order chi connectivity index (χ0) is 18.1. The second-order valence-electron chi connectivity index (χ2n) is 6.57. The summed E-state index contributed by atoms with van der Waals surface area (Å²) in [7, 11) is 1.71. The molecule has 1 aromatic carbocycles. The Morgan fingerprint density at radius 3 is 2.44 bits per heavy atom. The lowest BCUT2D eigenvalue weighted by atomic mass is 10.1. The summed E-state index contributed by atoms with van der Waals surface area (Å²) in [6, 6.07) is 6.16. The first kappa shape index (κ1) is 25.8. The molecule has 0 bridgehead atoms. The van der Waals surface area contributed by atoms with E-state index in [9.17, 15) is 0 Å². The molecule has 4 nitrogen and oxygen atoms in total. The number of hydrogen-bond acceptors (Lipinski definition) is 4. The molecule has 0 aliphatic rings. The summed E-state index contributed by atoms with van der Waals surface area (Å²) < 4.78 is 5.45. The van der Waals surface area contributed by atoms with Crippen LogP contribution in [0.1, 0.15) is 45.1 Å². The highest BCUT2D eigenvalue weighted by Crippen LogP contribution is 2.29. The minimum Gasteiger partial charge on any atom is -0.497 e. The lowest BCUT2D eigenvalue weighted by molar-refractivity contribution is 0.295. The molecule has 1 aromatic heterocycles. The smallest absolute Gasteiger partial charge is 0.121 e. The summed E-state index contributed by atoms with van der Waals surface area (Å²) in [4.78, 5) is 7.06.